The lowest BCUT2D eigenvalue weighted by Crippen LogP contribution is -2.13. The minimum Gasteiger partial charge on any atom is -0.481 e. The smallest absolute Gasteiger partial charge is 0.390 e. The van der Waals surface area contributed by atoms with Crippen LogP contribution in [0.5, 0.6) is 0 Å². The topological polar surface area (TPSA) is 55.1 Å². The molecule has 0 fully saturated rings. The van der Waals surface area contributed by atoms with Crippen molar-refractivity contribution in [3.8, 4) is 0 Å². The number of hydrogen-bond donors (Lipinski definition) is 1. The third kappa shape index (κ3) is 4.50. The first kappa shape index (κ1) is 16.4. The largest absolute Gasteiger partial charge is 0.481 e. The van der Waals surface area contributed by atoms with Gasteiger partial charge in [-0.15, -0.1) is 0 Å². The van der Waals surface area contributed by atoms with E-state index in [0.29, 0.717) is 16.2 Å². The van der Waals surface area contributed by atoms with Gasteiger partial charge in [0.05, 0.1) is 23.2 Å². The van der Waals surface area contributed by atoms with E-state index in [-0.39, 0.29) is 12.3 Å². The van der Waals surface area contributed by atoms with Gasteiger partial charge in [-0.3, -0.25) is 4.79 Å². The van der Waals surface area contributed by atoms with Gasteiger partial charge in [-0.1, -0.05) is 11.8 Å². The Labute approximate surface area is 135 Å². The lowest BCUT2D eigenvalue weighted by Gasteiger charge is -2.10. The summed E-state index contributed by atoms with van der Waals surface area (Å²) in [5, 5.41) is 9.00. The van der Waals surface area contributed by atoms with Gasteiger partial charge in [-0.2, -0.15) is 13.2 Å². The number of aliphatic carboxylic acids is 1. The molecule has 0 amide bonds. The maximum atomic E-state index is 12.4. The fourth-order valence-electron chi connectivity index (χ4n) is 1.77. The van der Waals surface area contributed by atoms with E-state index in [2.05, 4.69) is 27.6 Å². The van der Waals surface area contributed by atoms with E-state index in [1.54, 1.807) is 18.2 Å². The molecule has 0 aliphatic heterocycles. The minimum absolute atomic E-state index is 0.244. The highest BCUT2D eigenvalue weighted by Gasteiger charge is 2.27. The number of rotatable bonds is 5. The minimum atomic E-state index is -4.27. The molecule has 9 heteroatoms. The van der Waals surface area contributed by atoms with E-state index in [1.165, 1.54) is 4.57 Å². The maximum absolute atomic E-state index is 12.4. The highest BCUT2D eigenvalue weighted by atomic mass is 127. The molecule has 4 nitrogen and oxygen atoms in total. The Morgan fingerprint density at radius 3 is 2.76 bits per heavy atom. The molecule has 0 aliphatic rings. The molecule has 21 heavy (non-hydrogen) atoms. The van der Waals surface area contributed by atoms with Crippen LogP contribution in [0.1, 0.15) is 6.42 Å². The number of hydrogen-bond acceptors (Lipinski definition) is 3. The Kier molecular flexibility index (Phi) is 5.02. The molecule has 1 aromatic heterocycles. The predicted molar refractivity (Wildman–Crippen MR) is 81.5 cm³/mol. The van der Waals surface area contributed by atoms with Crippen LogP contribution in [-0.4, -0.2) is 32.6 Å². The van der Waals surface area contributed by atoms with Crippen molar-refractivity contribution in [3.63, 3.8) is 0 Å². The van der Waals surface area contributed by atoms with Crippen LogP contribution in [0.2, 0.25) is 0 Å². The van der Waals surface area contributed by atoms with Crippen LogP contribution >= 0.6 is 34.4 Å². The van der Waals surface area contributed by atoms with E-state index in [1.807, 2.05) is 0 Å². The summed E-state index contributed by atoms with van der Waals surface area (Å²) in [6.45, 7) is -0.275. The third-order valence-corrected chi connectivity index (χ3v) is 4.25. The molecule has 0 saturated carbocycles. The fraction of sp³-hybridized carbons (Fsp3) is 0.333. The summed E-state index contributed by atoms with van der Waals surface area (Å²) < 4.78 is 39.6. The molecule has 114 valence electrons. The second-order valence-corrected chi connectivity index (χ2v) is 6.41. The fourth-order valence-corrected chi connectivity index (χ4v) is 3.01. The van der Waals surface area contributed by atoms with Crippen LogP contribution in [0.15, 0.2) is 23.4 Å². The van der Waals surface area contributed by atoms with Gasteiger partial charge in [-0.05, 0) is 40.8 Å². The summed E-state index contributed by atoms with van der Waals surface area (Å²) in [5.41, 5.74) is 1.14. The van der Waals surface area contributed by atoms with E-state index in [4.69, 9.17) is 5.11 Å². The standard InChI is InChI=1S/C12H10F3IN2O2S/c13-12(14,15)3-4-18-9-2-1-7(16)5-8(9)17-11(18)21-6-10(19)20/h1-2,5H,3-4,6H2,(H,19,20). The summed E-state index contributed by atoms with van der Waals surface area (Å²) in [5.74, 6) is -1.28. The molecule has 0 unspecified atom stereocenters. The van der Waals surface area contributed by atoms with Crippen molar-refractivity contribution in [1.29, 1.82) is 0 Å². The Balaban J connectivity index is 2.36. The van der Waals surface area contributed by atoms with E-state index in [0.717, 1.165) is 15.3 Å². The average Bonchev–Trinajstić information content (AvgIpc) is 2.69. The third-order valence-electron chi connectivity index (χ3n) is 2.62. The maximum Gasteiger partial charge on any atom is 0.390 e. The van der Waals surface area contributed by atoms with Crippen molar-refractivity contribution in [2.45, 2.75) is 24.3 Å². The van der Waals surface area contributed by atoms with Crippen LogP contribution in [0.3, 0.4) is 0 Å². The van der Waals surface area contributed by atoms with E-state index in [9.17, 15) is 18.0 Å². The highest BCUT2D eigenvalue weighted by Crippen LogP contribution is 2.28. The quantitative estimate of drug-likeness (QED) is 0.580. The van der Waals surface area contributed by atoms with Crippen molar-refractivity contribution in [3.05, 3.63) is 21.8 Å². The number of nitrogens with zero attached hydrogens (tertiary/aromatic N) is 2. The van der Waals surface area contributed by atoms with Gasteiger partial charge in [0.1, 0.15) is 0 Å². The van der Waals surface area contributed by atoms with Crippen LogP contribution in [0, 0.1) is 3.57 Å². The number of halogens is 4. The lowest BCUT2D eigenvalue weighted by atomic mass is 10.3. The van der Waals surface area contributed by atoms with Gasteiger partial charge in [0.15, 0.2) is 5.16 Å². The van der Waals surface area contributed by atoms with Gasteiger partial charge in [0, 0.05) is 10.1 Å². The van der Waals surface area contributed by atoms with Crippen LogP contribution < -0.4 is 0 Å². The molecule has 1 heterocycles. The van der Waals surface area contributed by atoms with Crippen molar-refractivity contribution >= 4 is 51.4 Å². The normalized spacial score (nSPS) is 12.0. The molecule has 0 bridgehead atoms. The van der Waals surface area contributed by atoms with Gasteiger partial charge < -0.3 is 9.67 Å². The number of aromatic nitrogens is 2. The van der Waals surface area contributed by atoms with E-state index < -0.39 is 18.6 Å². The second-order valence-electron chi connectivity index (χ2n) is 4.23. The molecule has 0 radical (unpaired) electrons. The first-order chi connectivity index (χ1) is 9.76. The van der Waals surface area contributed by atoms with Crippen molar-refractivity contribution in [2.24, 2.45) is 0 Å². The summed E-state index contributed by atoms with van der Waals surface area (Å²) in [7, 11) is 0. The SMILES string of the molecule is O=C(O)CSc1nc2cc(I)ccc2n1CCC(F)(F)F. The molecule has 0 saturated heterocycles. The van der Waals surface area contributed by atoms with Gasteiger partial charge in [0.25, 0.3) is 0 Å². The number of benzene rings is 1. The summed E-state index contributed by atoms with van der Waals surface area (Å²) in [6.07, 6.45) is -5.25. The number of aryl methyl sites for hydroxylation is 1. The summed E-state index contributed by atoms with van der Waals surface area (Å²) >= 11 is 3.00. The van der Waals surface area contributed by atoms with Gasteiger partial charge >= 0.3 is 12.1 Å². The molecule has 2 rings (SSSR count). The zero-order valence-electron chi connectivity index (χ0n) is 10.5. The van der Waals surface area contributed by atoms with Crippen molar-refractivity contribution in [2.75, 3.05) is 5.75 Å². The van der Waals surface area contributed by atoms with Crippen molar-refractivity contribution < 1.29 is 23.1 Å². The summed E-state index contributed by atoms with van der Waals surface area (Å²) in [4.78, 5) is 14.9. The van der Waals surface area contributed by atoms with Crippen LogP contribution in [0.25, 0.3) is 11.0 Å². The zero-order chi connectivity index (χ0) is 15.6. The number of thioether (sulfide) groups is 1. The zero-order valence-corrected chi connectivity index (χ0v) is 13.5. The Morgan fingerprint density at radius 2 is 2.14 bits per heavy atom. The second kappa shape index (κ2) is 6.42. The lowest BCUT2D eigenvalue weighted by molar-refractivity contribution is -0.137. The van der Waals surface area contributed by atoms with E-state index >= 15 is 0 Å². The molecule has 0 atom stereocenters. The Bertz CT molecular complexity index is 672. The Morgan fingerprint density at radius 1 is 1.43 bits per heavy atom. The number of alkyl halides is 3. The molecule has 0 aliphatic carbocycles. The molecule has 1 N–H and O–H groups in total. The number of fused-ring (bicyclic) bond motifs is 1. The number of carboxylic acid groups (broad SMARTS) is 1. The first-order valence-electron chi connectivity index (χ1n) is 5.83. The highest BCUT2D eigenvalue weighted by molar-refractivity contribution is 14.1. The predicted octanol–water partition coefficient (Wildman–Crippen LogP) is 3.77. The number of imidazole rings is 1. The average molecular weight is 430 g/mol. The van der Waals surface area contributed by atoms with Crippen LogP contribution in [0.4, 0.5) is 13.2 Å². The van der Waals surface area contributed by atoms with Crippen LogP contribution in [-0.2, 0) is 11.3 Å². The Hall–Kier alpha value is -0.970. The molecular formula is C12H10F3IN2O2S. The summed E-state index contributed by atoms with van der Waals surface area (Å²) in [6, 6.07) is 5.23. The molecule has 2 aromatic rings. The first-order valence-corrected chi connectivity index (χ1v) is 7.90. The molecule has 0 spiro atoms. The molecule has 1 aromatic carbocycles. The van der Waals surface area contributed by atoms with Crippen molar-refractivity contribution in [1.82, 2.24) is 9.55 Å². The van der Waals surface area contributed by atoms with Gasteiger partial charge in [0.2, 0.25) is 0 Å². The number of carboxylic acids is 1. The molecular weight excluding hydrogens is 420 g/mol. The van der Waals surface area contributed by atoms with Gasteiger partial charge in [-0.25, -0.2) is 4.98 Å². The number of carbonyl (C=O) groups is 1. The monoisotopic (exact) mass is 430 g/mol.